The van der Waals surface area contributed by atoms with Gasteiger partial charge in [-0.25, -0.2) is 4.98 Å². The summed E-state index contributed by atoms with van der Waals surface area (Å²) in [5, 5.41) is 9.27. The number of aryl methyl sites for hydroxylation is 2. The molecule has 1 aliphatic rings. The molecular formula is C16H21N5O2S. The molecule has 0 spiro atoms. The largest absolute Gasteiger partial charge is 0.332 e. The molecule has 1 N–H and O–H groups in total. The maximum absolute atomic E-state index is 12.8. The van der Waals surface area contributed by atoms with Crippen LogP contribution in [0.4, 0.5) is 5.13 Å². The van der Waals surface area contributed by atoms with Gasteiger partial charge in [0, 0.05) is 24.5 Å². The minimum atomic E-state index is -0.188. The van der Waals surface area contributed by atoms with E-state index in [1.165, 1.54) is 18.3 Å². The van der Waals surface area contributed by atoms with E-state index in [0.717, 1.165) is 30.8 Å². The van der Waals surface area contributed by atoms with Crippen molar-refractivity contribution in [1.82, 2.24) is 19.7 Å². The van der Waals surface area contributed by atoms with Crippen molar-refractivity contribution in [3.05, 3.63) is 28.5 Å². The quantitative estimate of drug-likeness (QED) is 0.920. The van der Waals surface area contributed by atoms with Crippen LogP contribution in [0.2, 0.25) is 0 Å². The summed E-state index contributed by atoms with van der Waals surface area (Å²) in [7, 11) is 0. The molecule has 1 saturated heterocycles. The van der Waals surface area contributed by atoms with Crippen LogP contribution in [-0.2, 0) is 11.3 Å². The number of thiazole rings is 1. The fraction of sp³-hybridized carbons (Fsp3) is 0.500. The fourth-order valence-corrected chi connectivity index (χ4v) is 3.81. The van der Waals surface area contributed by atoms with E-state index in [1.807, 2.05) is 29.5 Å². The standard InChI is InChI=1S/C16H21N5O2S/c1-10-7-11(2)21(19-10)8-13-5-4-6-20(13)15(23)14-9-24-16(18-14)17-12(3)22/h7,9,13H,4-6,8H2,1-3H3,(H,17,18,22)/t13-/m1/s1. The molecule has 2 aromatic heterocycles. The molecule has 3 heterocycles. The third-order valence-electron chi connectivity index (χ3n) is 4.13. The number of nitrogens with zero attached hydrogens (tertiary/aromatic N) is 4. The van der Waals surface area contributed by atoms with Crippen LogP contribution in [0.1, 0.15) is 41.6 Å². The molecule has 0 bridgehead atoms. The van der Waals surface area contributed by atoms with Crippen molar-refractivity contribution in [3.8, 4) is 0 Å². The zero-order chi connectivity index (χ0) is 17.3. The topological polar surface area (TPSA) is 80.1 Å². The lowest BCUT2D eigenvalue weighted by Gasteiger charge is -2.24. The highest BCUT2D eigenvalue weighted by molar-refractivity contribution is 7.14. The Morgan fingerprint density at radius 3 is 2.88 bits per heavy atom. The Kier molecular flexibility index (Phi) is 4.66. The summed E-state index contributed by atoms with van der Waals surface area (Å²) >= 11 is 1.27. The van der Waals surface area contributed by atoms with Crippen LogP contribution < -0.4 is 5.32 Å². The molecule has 0 radical (unpaired) electrons. The highest BCUT2D eigenvalue weighted by Gasteiger charge is 2.31. The maximum atomic E-state index is 12.8. The molecule has 0 saturated carbocycles. The number of rotatable bonds is 4. The van der Waals surface area contributed by atoms with Gasteiger partial charge < -0.3 is 10.2 Å². The first kappa shape index (κ1) is 16.6. The van der Waals surface area contributed by atoms with Crippen LogP contribution in [-0.4, -0.2) is 44.1 Å². The van der Waals surface area contributed by atoms with Gasteiger partial charge in [0.1, 0.15) is 5.69 Å². The van der Waals surface area contributed by atoms with Gasteiger partial charge in [0.15, 0.2) is 5.13 Å². The number of hydrogen-bond acceptors (Lipinski definition) is 5. The van der Waals surface area contributed by atoms with Gasteiger partial charge in [-0.1, -0.05) is 0 Å². The normalized spacial score (nSPS) is 17.3. The maximum Gasteiger partial charge on any atom is 0.273 e. The highest BCUT2D eigenvalue weighted by Crippen LogP contribution is 2.24. The first-order chi connectivity index (χ1) is 11.4. The van der Waals surface area contributed by atoms with Crippen LogP contribution in [0.3, 0.4) is 0 Å². The van der Waals surface area contributed by atoms with Gasteiger partial charge in [0.25, 0.3) is 5.91 Å². The summed E-state index contributed by atoms with van der Waals surface area (Å²) in [4.78, 5) is 30.0. The second-order valence-electron chi connectivity index (χ2n) is 6.12. The van der Waals surface area contributed by atoms with Crippen molar-refractivity contribution in [1.29, 1.82) is 0 Å². The van der Waals surface area contributed by atoms with Crippen LogP contribution in [0.15, 0.2) is 11.4 Å². The second-order valence-corrected chi connectivity index (χ2v) is 6.98. The summed E-state index contributed by atoms with van der Waals surface area (Å²) in [5.41, 5.74) is 2.49. The van der Waals surface area contributed by atoms with Crippen molar-refractivity contribution in [2.45, 2.75) is 46.2 Å². The van der Waals surface area contributed by atoms with Gasteiger partial charge in [-0.05, 0) is 32.8 Å². The van der Waals surface area contributed by atoms with Crippen LogP contribution in [0.25, 0.3) is 0 Å². The third kappa shape index (κ3) is 3.48. The molecule has 8 heteroatoms. The predicted octanol–water partition coefficient (Wildman–Crippen LogP) is 2.22. The molecule has 1 atom stereocenters. The number of carbonyl (C=O) groups excluding carboxylic acids is 2. The van der Waals surface area contributed by atoms with E-state index in [1.54, 1.807) is 5.38 Å². The van der Waals surface area contributed by atoms with Gasteiger partial charge in [0.2, 0.25) is 5.91 Å². The van der Waals surface area contributed by atoms with Crippen molar-refractivity contribution < 1.29 is 9.59 Å². The van der Waals surface area contributed by atoms with Gasteiger partial charge in [0.05, 0.1) is 18.3 Å². The molecule has 24 heavy (non-hydrogen) atoms. The SMILES string of the molecule is CC(=O)Nc1nc(C(=O)N2CCC[C@@H]2Cn2nc(C)cc2C)cs1. The van der Waals surface area contributed by atoms with E-state index in [0.29, 0.717) is 17.4 Å². The molecule has 1 fully saturated rings. The van der Waals surface area contributed by atoms with Gasteiger partial charge >= 0.3 is 0 Å². The predicted molar refractivity (Wildman–Crippen MR) is 92.2 cm³/mol. The van der Waals surface area contributed by atoms with Crippen LogP contribution >= 0.6 is 11.3 Å². The molecule has 7 nitrogen and oxygen atoms in total. The van der Waals surface area contributed by atoms with Gasteiger partial charge in [-0.15, -0.1) is 11.3 Å². The number of aromatic nitrogens is 3. The lowest BCUT2D eigenvalue weighted by Crippen LogP contribution is -2.38. The number of likely N-dealkylation sites (tertiary alicyclic amines) is 1. The summed E-state index contributed by atoms with van der Waals surface area (Å²) in [6, 6.07) is 2.17. The third-order valence-corrected chi connectivity index (χ3v) is 4.89. The van der Waals surface area contributed by atoms with Crippen LogP contribution in [0, 0.1) is 13.8 Å². The number of carbonyl (C=O) groups is 2. The first-order valence-corrected chi connectivity index (χ1v) is 8.87. The van der Waals surface area contributed by atoms with Crippen LogP contribution in [0.5, 0.6) is 0 Å². The number of nitrogens with one attached hydrogen (secondary N) is 1. The Morgan fingerprint density at radius 2 is 2.21 bits per heavy atom. The average molecular weight is 347 g/mol. The second kappa shape index (κ2) is 6.72. The number of anilines is 1. The molecular weight excluding hydrogens is 326 g/mol. The summed E-state index contributed by atoms with van der Waals surface area (Å²) < 4.78 is 1.97. The summed E-state index contributed by atoms with van der Waals surface area (Å²) in [6.45, 7) is 6.86. The molecule has 128 valence electrons. The van der Waals surface area contributed by atoms with E-state index in [4.69, 9.17) is 0 Å². The summed E-state index contributed by atoms with van der Waals surface area (Å²) in [5.74, 6) is -0.265. The highest BCUT2D eigenvalue weighted by atomic mass is 32.1. The molecule has 0 unspecified atom stereocenters. The zero-order valence-electron chi connectivity index (χ0n) is 14.1. The Labute approximate surface area is 144 Å². The van der Waals surface area contributed by atoms with E-state index in [2.05, 4.69) is 15.4 Å². The molecule has 1 aliphatic heterocycles. The van der Waals surface area contributed by atoms with Crippen molar-refractivity contribution >= 4 is 28.3 Å². The number of amides is 2. The minimum Gasteiger partial charge on any atom is -0.332 e. The van der Waals surface area contributed by atoms with E-state index in [-0.39, 0.29) is 17.9 Å². The molecule has 2 aromatic rings. The van der Waals surface area contributed by atoms with Gasteiger partial charge in [-0.3, -0.25) is 14.3 Å². The number of hydrogen-bond donors (Lipinski definition) is 1. The molecule has 0 aromatic carbocycles. The van der Waals surface area contributed by atoms with Gasteiger partial charge in [-0.2, -0.15) is 5.10 Å². The van der Waals surface area contributed by atoms with E-state index >= 15 is 0 Å². The van der Waals surface area contributed by atoms with Crippen molar-refractivity contribution in [2.24, 2.45) is 0 Å². The molecule has 0 aliphatic carbocycles. The Morgan fingerprint density at radius 1 is 1.42 bits per heavy atom. The van der Waals surface area contributed by atoms with Crippen molar-refractivity contribution in [2.75, 3.05) is 11.9 Å². The molecule has 2 amide bonds. The Bertz CT molecular complexity index is 766. The smallest absolute Gasteiger partial charge is 0.273 e. The lowest BCUT2D eigenvalue weighted by molar-refractivity contribution is -0.114. The van der Waals surface area contributed by atoms with E-state index < -0.39 is 0 Å². The fourth-order valence-electron chi connectivity index (χ4n) is 3.08. The Hall–Kier alpha value is -2.22. The Balaban J connectivity index is 1.72. The first-order valence-electron chi connectivity index (χ1n) is 7.99. The minimum absolute atomic E-state index is 0.0770. The average Bonchev–Trinajstić information content (AvgIpc) is 3.20. The van der Waals surface area contributed by atoms with E-state index in [9.17, 15) is 9.59 Å². The molecule has 3 rings (SSSR count). The lowest BCUT2D eigenvalue weighted by atomic mass is 10.2. The monoisotopic (exact) mass is 347 g/mol. The van der Waals surface area contributed by atoms with Crippen molar-refractivity contribution in [3.63, 3.8) is 0 Å². The zero-order valence-corrected chi connectivity index (χ0v) is 14.9. The summed E-state index contributed by atoms with van der Waals surface area (Å²) in [6.07, 6.45) is 1.95.